The fraction of sp³-hybridized carbons (Fsp3) is 0.588. The Hall–Kier alpha value is -1.72. The van der Waals surface area contributed by atoms with Crippen molar-refractivity contribution in [3.63, 3.8) is 0 Å². The molecule has 1 aliphatic rings. The van der Waals surface area contributed by atoms with Gasteiger partial charge in [-0.2, -0.15) is 4.39 Å². The Morgan fingerprint density at radius 3 is 2.26 bits per heavy atom. The number of carbonyl (C=O) groups is 1. The molecular formula is C17H22F3NO2. The van der Waals surface area contributed by atoms with Crippen LogP contribution < -0.4 is 4.74 Å². The molecule has 0 aromatic heterocycles. The average Bonchev–Trinajstić information content (AvgIpc) is 2.48. The molecule has 0 spiro atoms. The fourth-order valence-corrected chi connectivity index (χ4v) is 2.87. The molecule has 0 N–H and O–H groups in total. The quantitative estimate of drug-likeness (QED) is 0.701. The zero-order valence-corrected chi connectivity index (χ0v) is 13.9. The molecule has 0 atom stereocenters. The van der Waals surface area contributed by atoms with Crippen LogP contribution in [0.4, 0.5) is 18.0 Å². The Labute approximate surface area is 134 Å². The lowest BCUT2D eigenvalue weighted by Crippen LogP contribution is -2.42. The second-order valence-electron chi connectivity index (χ2n) is 7.13. The van der Waals surface area contributed by atoms with Gasteiger partial charge in [0, 0.05) is 13.1 Å². The van der Waals surface area contributed by atoms with Gasteiger partial charge < -0.3 is 9.64 Å². The summed E-state index contributed by atoms with van der Waals surface area (Å²) < 4.78 is 45.7. The van der Waals surface area contributed by atoms with E-state index in [-0.39, 0.29) is 11.0 Å². The van der Waals surface area contributed by atoms with Crippen LogP contribution >= 0.6 is 0 Å². The number of aryl methyl sites for hydroxylation is 1. The first-order valence-electron chi connectivity index (χ1n) is 7.72. The molecule has 6 heteroatoms. The number of amides is 1. The summed E-state index contributed by atoms with van der Waals surface area (Å²) in [5, 5.41) is 0. The predicted molar refractivity (Wildman–Crippen MR) is 80.8 cm³/mol. The zero-order chi connectivity index (χ0) is 17.4. The maximum absolute atomic E-state index is 13.9. The van der Waals surface area contributed by atoms with Gasteiger partial charge in [-0.05, 0) is 42.7 Å². The van der Waals surface area contributed by atoms with E-state index in [2.05, 4.69) is 20.8 Å². The van der Waals surface area contributed by atoms with E-state index in [9.17, 15) is 18.0 Å². The van der Waals surface area contributed by atoms with Crippen molar-refractivity contribution in [3.8, 4) is 5.75 Å². The molecule has 1 aromatic rings. The molecular weight excluding hydrogens is 307 g/mol. The molecule has 0 bridgehead atoms. The highest BCUT2D eigenvalue weighted by molar-refractivity contribution is 5.71. The van der Waals surface area contributed by atoms with Gasteiger partial charge in [0.2, 0.25) is 11.6 Å². The van der Waals surface area contributed by atoms with E-state index in [1.165, 1.54) is 11.8 Å². The molecule has 3 nitrogen and oxygen atoms in total. The van der Waals surface area contributed by atoms with E-state index >= 15 is 0 Å². The van der Waals surface area contributed by atoms with E-state index in [0.717, 1.165) is 18.9 Å². The minimum absolute atomic E-state index is 0.113. The van der Waals surface area contributed by atoms with E-state index < -0.39 is 29.3 Å². The summed E-state index contributed by atoms with van der Waals surface area (Å²) in [6.45, 7) is 8.63. The largest absolute Gasteiger partial charge is 0.415 e. The van der Waals surface area contributed by atoms with Crippen LogP contribution in [0.25, 0.3) is 0 Å². The van der Waals surface area contributed by atoms with Crippen molar-refractivity contribution in [2.24, 2.45) is 11.3 Å². The van der Waals surface area contributed by atoms with Crippen molar-refractivity contribution in [2.45, 2.75) is 40.5 Å². The van der Waals surface area contributed by atoms with Crippen LogP contribution in [-0.2, 0) is 0 Å². The third-order valence-electron chi connectivity index (χ3n) is 4.47. The Bertz CT molecular complexity index is 577. The lowest BCUT2D eigenvalue weighted by atomic mass is 9.75. The average molecular weight is 329 g/mol. The second kappa shape index (κ2) is 6.42. The van der Waals surface area contributed by atoms with Crippen LogP contribution in [0.1, 0.15) is 39.2 Å². The molecule has 0 unspecified atom stereocenters. The minimum atomic E-state index is -1.48. The number of ether oxygens (including phenoxy) is 1. The van der Waals surface area contributed by atoms with Gasteiger partial charge in [-0.15, -0.1) is 0 Å². The number of piperidine rings is 1. The van der Waals surface area contributed by atoms with Gasteiger partial charge in [0.05, 0.1) is 0 Å². The predicted octanol–water partition coefficient (Wildman–Crippen LogP) is 4.67. The van der Waals surface area contributed by atoms with E-state index in [0.29, 0.717) is 19.0 Å². The summed E-state index contributed by atoms with van der Waals surface area (Å²) in [5.74, 6) is -4.27. The van der Waals surface area contributed by atoms with Crippen molar-refractivity contribution < 1.29 is 22.7 Å². The smallest absolute Gasteiger partial charge is 0.404 e. The number of carbonyl (C=O) groups excluding carboxylic acids is 1. The molecule has 23 heavy (non-hydrogen) atoms. The number of halogens is 3. The molecule has 1 fully saturated rings. The lowest BCUT2D eigenvalue weighted by molar-refractivity contribution is 0.0977. The number of rotatable bonds is 1. The van der Waals surface area contributed by atoms with E-state index in [4.69, 9.17) is 4.74 Å². The first kappa shape index (κ1) is 17.6. The number of hydrogen-bond acceptors (Lipinski definition) is 2. The van der Waals surface area contributed by atoms with Crippen LogP contribution in [-0.4, -0.2) is 24.1 Å². The number of hydrogen-bond donors (Lipinski definition) is 0. The van der Waals surface area contributed by atoms with Crippen LogP contribution in [0.2, 0.25) is 0 Å². The molecule has 128 valence electrons. The molecule has 1 saturated heterocycles. The van der Waals surface area contributed by atoms with E-state index in [1.54, 1.807) is 0 Å². The van der Waals surface area contributed by atoms with E-state index in [1.807, 2.05) is 0 Å². The molecule has 1 aliphatic heterocycles. The normalized spacial score (nSPS) is 16.6. The molecule has 0 saturated carbocycles. The number of nitrogens with zero attached hydrogens (tertiary/aromatic N) is 1. The van der Waals surface area contributed by atoms with Gasteiger partial charge in [-0.1, -0.05) is 20.8 Å². The number of likely N-dealkylation sites (tertiary alicyclic amines) is 1. The standard InChI is InChI=1S/C17H22F3NO2/c1-10-9-12(18)14(20)15(13(10)19)23-16(22)21-7-5-11(6-8-21)17(2,3)4/h9,11H,5-8H2,1-4H3. The van der Waals surface area contributed by atoms with Gasteiger partial charge in [-0.25, -0.2) is 13.6 Å². The Morgan fingerprint density at radius 2 is 1.74 bits per heavy atom. The van der Waals surface area contributed by atoms with Crippen molar-refractivity contribution in [2.75, 3.05) is 13.1 Å². The summed E-state index contributed by atoms with van der Waals surface area (Å²) >= 11 is 0. The Kier molecular flexibility index (Phi) is 4.92. The maximum atomic E-state index is 13.9. The molecule has 1 heterocycles. The first-order valence-corrected chi connectivity index (χ1v) is 7.72. The van der Waals surface area contributed by atoms with Crippen molar-refractivity contribution in [1.82, 2.24) is 4.90 Å². The zero-order valence-electron chi connectivity index (χ0n) is 13.9. The molecule has 0 radical (unpaired) electrons. The summed E-state index contributed by atoms with van der Waals surface area (Å²) in [5.41, 5.74) is 0.0339. The van der Waals surface area contributed by atoms with Gasteiger partial charge in [0.15, 0.2) is 11.6 Å². The van der Waals surface area contributed by atoms with Gasteiger partial charge in [0.25, 0.3) is 0 Å². The molecule has 1 amide bonds. The summed E-state index contributed by atoms with van der Waals surface area (Å²) in [7, 11) is 0. The maximum Gasteiger partial charge on any atom is 0.415 e. The highest BCUT2D eigenvalue weighted by Gasteiger charge is 2.32. The molecule has 0 aliphatic carbocycles. The summed E-state index contributed by atoms with van der Waals surface area (Å²) in [4.78, 5) is 13.5. The van der Waals surface area contributed by atoms with Crippen LogP contribution in [0.5, 0.6) is 5.75 Å². The minimum Gasteiger partial charge on any atom is -0.404 e. The van der Waals surface area contributed by atoms with Crippen molar-refractivity contribution in [3.05, 3.63) is 29.1 Å². The van der Waals surface area contributed by atoms with Crippen molar-refractivity contribution in [1.29, 1.82) is 0 Å². The fourth-order valence-electron chi connectivity index (χ4n) is 2.87. The second-order valence-corrected chi connectivity index (χ2v) is 7.13. The van der Waals surface area contributed by atoms with Crippen LogP contribution in [0.15, 0.2) is 6.07 Å². The Morgan fingerprint density at radius 1 is 1.17 bits per heavy atom. The monoisotopic (exact) mass is 329 g/mol. The molecule has 1 aromatic carbocycles. The van der Waals surface area contributed by atoms with Gasteiger partial charge in [0.1, 0.15) is 0 Å². The number of benzene rings is 1. The molecule has 2 rings (SSSR count). The SMILES string of the molecule is Cc1cc(F)c(F)c(OC(=O)N2CCC(C(C)(C)C)CC2)c1F. The lowest BCUT2D eigenvalue weighted by Gasteiger charge is -2.38. The Balaban J connectivity index is 2.07. The summed E-state index contributed by atoms with van der Waals surface area (Å²) in [6.07, 6.45) is 0.748. The van der Waals surface area contributed by atoms with Gasteiger partial charge in [-0.3, -0.25) is 0 Å². The third kappa shape index (κ3) is 3.79. The summed E-state index contributed by atoms with van der Waals surface area (Å²) in [6, 6.07) is 0.733. The van der Waals surface area contributed by atoms with Crippen LogP contribution in [0, 0.1) is 35.7 Å². The van der Waals surface area contributed by atoms with Crippen LogP contribution in [0.3, 0.4) is 0 Å². The highest BCUT2D eigenvalue weighted by Crippen LogP contribution is 2.34. The van der Waals surface area contributed by atoms with Gasteiger partial charge >= 0.3 is 6.09 Å². The van der Waals surface area contributed by atoms with Crippen molar-refractivity contribution >= 4 is 6.09 Å². The third-order valence-corrected chi connectivity index (χ3v) is 4.47. The highest BCUT2D eigenvalue weighted by atomic mass is 19.2. The first-order chi connectivity index (χ1) is 10.6. The topological polar surface area (TPSA) is 29.5 Å².